The number of para-hydroxylation sites is 2. The fourth-order valence-electron chi connectivity index (χ4n) is 3.50. The molecule has 0 aliphatic rings. The molecule has 0 saturated heterocycles. The van der Waals surface area contributed by atoms with Gasteiger partial charge >= 0.3 is 0 Å². The normalized spacial score (nSPS) is 11.2. The summed E-state index contributed by atoms with van der Waals surface area (Å²) in [4.78, 5) is 32.5. The molecule has 1 aromatic carbocycles. The Hall–Kier alpha value is -3.42. The molecule has 0 unspecified atom stereocenters. The van der Waals surface area contributed by atoms with Crippen molar-refractivity contribution in [3.63, 3.8) is 0 Å². The summed E-state index contributed by atoms with van der Waals surface area (Å²) in [5, 5.41) is 7.97. The topological polar surface area (TPSA) is 89.3 Å². The molecule has 3 rings (SSSR count). The van der Waals surface area contributed by atoms with Crippen LogP contribution in [0.15, 0.2) is 36.5 Å². The number of benzene rings is 1. The first-order valence-electron chi connectivity index (χ1n) is 10.9. The molecule has 0 spiro atoms. The van der Waals surface area contributed by atoms with Gasteiger partial charge in [-0.15, -0.1) is 0 Å². The largest absolute Gasteiger partial charge is 0.495 e. The molecule has 0 radical (unpaired) electrons. The smallest absolute Gasteiger partial charge is 0.255 e. The van der Waals surface area contributed by atoms with Gasteiger partial charge < -0.3 is 15.0 Å². The summed E-state index contributed by atoms with van der Waals surface area (Å²) in [6.07, 6.45) is 1.68. The van der Waals surface area contributed by atoms with Crippen LogP contribution in [-0.4, -0.2) is 51.7 Å². The molecule has 0 bridgehead atoms. The van der Waals surface area contributed by atoms with E-state index in [0.717, 1.165) is 5.69 Å². The van der Waals surface area contributed by atoms with Crippen molar-refractivity contribution in [1.82, 2.24) is 19.7 Å². The highest BCUT2D eigenvalue weighted by Gasteiger charge is 2.24. The van der Waals surface area contributed by atoms with Crippen LogP contribution in [0.1, 0.15) is 62.6 Å². The minimum atomic E-state index is -0.294. The molecule has 0 fully saturated rings. The van der Waals surface area contributed by atoms with Crippen LogP contribution in [-0.2, 0) is 4.79 Å². The minimum Gasteiger partial charge on any atom is -0.495 e. The standard InChI is InChI=1S/C24H31N5O3/c1-7-28(14-22(30)26-19-10-8-9-11-21(19)32-6)24(31)17-12-20(15(2)3)27-23-18(17)13-25-29(23)16(4)5/h8-13,15-16H,7,14H2,1-6H3,(H,26,30). The van der Waals surface area contributed by atoms with E-state index in [1.165, 1.54) is 4.90 Å². The van der Waals surface area contributed by atoms with Crippen molar-refractivity contribution in [2.45, 2.75) is 46.6 Å². The summed E-state index contributed by atoms with van der Waals surface area (Å²) < 4.78 is 7.11. The van der Waals surface area contributed by atoms with Crippen molar-refractivity contribution in [2.75, 3.05) is 25.5 Å². The Labute approximate surface area is 188 Å². The molecule has 2 heterocycles. The van der Waals surface area contributed by atoms with E-state index in [9.17, 15) is 9.59 Å². The van der Waals surface area contributed by atoms with Gasteiger partial charge in [-0.1, -0.05) is 26.0 Å². The predicted molar refractivity (Wildman–Crippen MR) is 125 cm³/mol. The second kappa shape index (κ2) is 9.80. The quantitative estimate of drug-likeness (QED) is 0.569. The third-order valence-electron chi connectivity index (χ3n) is 5.28. The van der Waals surface area contributed by atoms with Gasteiger partial charge in [0.15, 0.2) is 5.65 Å². The van der Waals surface area contributed by atoms with Crippen molar-refractivity contribution in [1.29, 1.82) is 0 Å². The Bertz CT molecular complexity index is 1120. The summed E-state index contributed by atoms with van der Waals surface area (Å²) in [6, 6.07) is 9.10. The number of carbonyl (C=O) groups is 2. The molecule has 8 heteroatoms. The van der Waals surface area contributed by atoms with Gasteiger partial charge in [0.25, 0.3) is 5.91 Å². The van der Waals surface area contributed by atoms with Gasteiger partial charge in [0.1, 0.15) is 12.3 Å². The SMILES string of the molecule is CCN(CC(=O)Nc1ccccc1OC)C(=O)c1cc(C(C)C)nc2c1cnn2C(C)C. The number of methoxy groups -OCH3 is 1. The van der Waals surface area contributed by atoms with Crippen LogP contribution in [0, 0.1) is 0 Å². The molecular formula is C24H31N5O3. The van der Waals surface area contributed by atoms with E-state index >= 15 is 0 Å². The zero-order chi connectivity index (χ0) is 23.4. The third kappa shape index (κ3) is 4.74. The van der Waals surface area contributed by atoms with Gasteiger partial charge in [-0.2, -0.15) is 5.10 Å². The number of aromatic nitrogens is 3. The molecule has 0 aliphatic heterocycles. The molecule has 2 amide bonds. The Balaban J connectivity index is 1.91. The first-order chi connectivity index (χ1) is 15.3. The summed E-state index contributed by atoms with van der Waals surface area (Å²) >= 11 is 0. The maximum atomic E-state index is 13.5. The van der Waals surface area contributed by atoms with Gasteiger partial charge in [0, 0.05) is 18.3 Å². The van der Waals surface area contributed by atoms with Gasteiger partial charge in [-0.05, 0) is 44.9 Å². The number of hydrogen-bond acceptors (Lipinski definition) is 5. The average molecular weight is 438 g/mol. The van der Waals surface area contributed by atoms with E-state index in [0.29, 0.717) is 34.6 Å². The number of carbonyl (C=O) groups excluding carboxylic acids is 2. The molecule has 8 nitrogen and oxygen atoms in total. The van der Waals surface area contributed by atoms with E-state index in [-0.39, 0.29) is 30.3 Å². The van der Waals surface area contributed by atoms with Crippen LogP contribution in [0.25, 0.3) is 11.0 Å². The van der Waals surface area contributed by atoms with Crippen molar-refractivity contribution < 1.29 is 14.3 Å². The number of hydrogen-bond donors (Lipinski definition) is 1. The van der Waals surface area contributed by atoms with Crippen LogP contribution >= 0.6 is 0 Å². The average Bonchev–Trinajstić information content (AvgIpc) is 3.21. The molecule has 1 N–H and O–H groups in total. The second-order valence-corrected chi connectivity index (χ2v) is 8.24. The highest BCUT2D eigenvalue weighted by molar-refractivity contribution is 6.07. The molecule has 32 heavy (non-hydrogen) atoms. The monoisotopic (exact) mass is 437 g/mol. The zero-order valence-corrected chi connectivity index (χ0v) is 19.5. The number of likely N-dealkylation sites (N-methyl/N-ethyl adjacent to an activating group) is 1. The van der Waals surface area contributed by atoms with Crippen LogP contribution in [0.3, 0.4) is 0 Å². The Morgan fingerprint density at radius 1 is 1.19 bits per heavy atom. The van der Waals surface area contributed by atoms with Crippen LogP contribution in [0.4, 0.5) is 5.69 Å². The maximum absolute atomic E-state index is 13.5. The highest BCUT2D eigenvalue weighted by atomic mass is 16.5. The number of nitrogens with zero attached hydrogens (tertiary/aromatic N) is 4. The number of rotatable bonds is 8. The number of pyridine rings is 1. The molecule has 0 atom stereocenters. The third-order valence-corrected chi connectivity index (χ3v) is 5.28. The van der Waals surface area contributed by atoms with E-state index in [4.69, 9.17) is 9.72 Å². The van der Waals surface area contributed by atoms with Crippen LogP contribution in [0.2, 0.25) is 0 Å². The lowest BCUT2D eigenvalue weighted by Gasteiger charge is -2.22. The van der Waals surface area contributed by atoms with Crippen LogP contribution < -0.4 is 10.1 Å². The van der Waals surface area contributed by atoms with E-state index in [2.05, 4.69) is 10.4 Å². The number of amides is 2. The molecule has 0 aliphatic carbocycles. The zero-order valence-electron chi connectivity index (χ0n) is 19.5. The summed E-state index contributed by atoms with van der Waals surface area (Å²) in [7, 11) is 1.55. The minimum absolute atomic E-state index is 0.0769. The fourth-order valence-corrected chi connectivity index (χ4v) is 3.50. The molecule has 0 saturated carbocycles. The maximum Gasteiger partial charge on any atom is 0.255 e. The Morgan fingerprint density at radius 2 is 1.91 bits per heavy atom. The number of ether oxygens (including phenoxy) is 1. The Kier molecular flexibility index (Phi) is 7.12. The second-order valence-electron chi connectivity index (χ2n) is 8.24. The first-order valence-corrected chi connectivity index (χ1v) is 10.9. The molecular weight excluding hydrogens is 406 g/mol. The van der Waals surface area contributed by atoms with Crippen molar-refractivity contribution in [2.24, 2.45) is 0 Å². The lowest BCUT2D eigenvalue weighted by Crippen LogP contribution is -2.38. The molecule has 3 aromatic rings. The van der Waals surface area contributed by atoms with Gasteiger partial charge in [-0.25, -0.2) is 9.67 Å². The number of nitrogens with one attached hydrogen (secondary N) is 1. The fraction of sp³-hybridized carbons (Fsp3) is 0.417. The Morgan fingerprint density at radius 3 is 2.53 bits per heavy atom. The number of fused-ring (bicyclic) bond motifs is 1. The first kappa shape index (κ1) is 23.2. The highest BCUT2D eigenvalue weighted by Crippen LogP contribution is 2.26. The predicted octanol–water partition coefficient (Wildman–Crippen LogP) is 4.25. The van der Waals surface area contributed by atoms with Gasteiger partial charge in [0.05, 0.1) is 29.9 Å². The van der Waals surface area contributed by atoms with Crippen molar-refractivity contribution in [3.8, 4) is 5.75 Å². The van der Waals surface area contributed by atoms with Crippen molar-refractivity contribution >= 4 is 28.5 Å². The lowest BCUT2D eigenvalue weighted by molar-refractivity contribution is -0.116. The lowest BCUT2D eigenvalue weighted by atomic mass is 10.0. The summed E-state index contributed by atoms with van der Waals surface area (Å²) in [6.45, 7) is 10.3. The van der Waals surface area contributed by atoms with Crippen molar-refractivity contribution in [3.05, 3.63) is 47.8 Å². The van der Waals surface area contributed by atoms with E-state index in [1.54, 1.807) is 25.4 Å². The molecule has 2 aromatic heterocycles. The van der Waals surface area contributed by atoms with E-state index in [1.807, 2.05) is 57.5 Å². The van der Waals surface area contributed by atoms with Gasteiger partial charge in [0.2, 0.25) is 5.91 Å². The summed E-state index contributed by atoms with van der Waals surface area (Å²) in [5.74, 6) is 0.191. The summed E-state index contributed by atoms with van der Waals surface area (Å²) in [5.41, 5.74) is 2.58. The van der Waals surface area contributed by atoms with E-state index < -0.39 is 0 Å². The van der Waals surface area contributed by atoms with Gasteiger partial charge in [-0.3, -0.25) is 9.59 Å². The number of anilines is 1. The van der Waals surface area contributed by atoms with Crippen LogP contribution in [0.5, 0.6) is 5.75 Å². The molecule has 170 valence electrons.